The van der Waals surface area contributed by atoms with Gasteiger partial charge in [-0.1, -0.05) is 35.3 Å². The van der Waals surface area contributed by atoms with E-state index in [9.17, 15) is 8.42 Å². The van der Waals surface area contributed by atoms with Gasteiger partial charge in [-0.25, -0.2) is 13.6 Å². The number of rotatable bonds is 2. The van der Waals surface area contributed by atoms with Crippen molar-refractivity contribution >= 4 is 33.2 Å². The van der Waals surface area contributed by atoms with Gasteiger partial charge in [0.1, 0.15) is 0 Å². The summed E-state index contributed by atoms with van der Waals surface area (Å²) < 4.78 is 22.8. The molecule has 1 aliphatic rings. The van der Waals surface area contributed by atoms with Crippen LogP contribution in [0.2, 0.25) is 10.0 Å². The third-order valence-corrected chi connectivity index (χ3v) is 5.59. The zero-order valence-corrected chi connectivity index (χ0v) is 14.8. The van der Waals surface area contributed by atoms with Gasteiger partial charge in [-0.05, 0) is 48.0 Å². The van der Waals surface area contributed by atoms with Gasteiger partial charge in [0.05, 0.1) is 4.90 Å². The van der Waals surface area contributed by atoms with Crippen LogP contribution in [-0.4, -0.2) is 26.9 Å². The second-order valence-electron chi connectivity index (χ2n) is 5.82. The quantitative estimate of drug-likeness (QED) is 0.882. The van der Waals surface area contributed by atoms with Crippen LogP contribution < -0.4 is 5.14 Å². The van der Waals surface area contributed by atoms with Crippen molar-refractivity contribution < 1.29 is 8.42 Å². The van der Waals surface area contributed by atoms with E-state index in [2.05, 4.69) is 4.90 Å². The van der Waals surface area contributed by atoms with Crippen molar-refractivity contribution in [3.8, 4) is 0 Å². The van der Waals surface area contributed by atoms with E-state index in [-0.39, 0.29) is 10.8 Å². The van der Waals surface area contributed by atoms with E-state index in [1.165, 1.54) is 12.1 Å². The third kappa shape index (κ3) is 3.39. The van der Waals surface area contributed by atoms with Crippen LogP contribution in [-0.2, 0) is 16.6 Å². The van der Waals surface area contributed by atoms with Gasteiger partial charge in [-0.3, -0.25) is 0 Å². The minimum Gasteiger partial charge on any atom is -0.301 e. The molecular weight excluding hydrogens is 355 g/mol. The van der Waals surface area contributed by atoms with Crippen LogP contribution in [0.4, 0.5) is 0 Å². The highest BCUT2D eigenvalue weighted by Crippen LogP contribution is 2.38. The van der Waals surface area contributed by atoms with E-state index < -0.39 is 10.0 Å². The second-order valence-corrected chi connectivity index (χ2v) is 8.22. The molecule has 4 nitrogen and oxygen atoms in total. The van der Waals surface area contributed by atoms with Crippen LogP contribution in [0.1, 0.15) is 22.6 Å². The standard InChI is InChI=1S/C16H16Cl2N2O2S/c1-20-8-14(10-2-4-12(5-3-10)23(19,21)22)13-6-11(17)7-16(18)15(13)9-20/h2-7,14H,8-9H2,1H3,(H2,19,21,22). The molecule has 0 radical (unpaired) electrons. The fourth-order valence-electron chi connectivity index (χ4n) is 3.02. The molecule has 1 atom stereocenters. The highest BCUT2D eigenvalue weighted by molar-refractivity contribution is 7.89. The molecule has 0 aliphatic carbocycles. The topological polar surface area (TPSA) is 63.4 Å². The lowest BCUT2D eigenvalue weighted by molar-refractivity contribution is 0.295. The van der Waals surface area contributed by atoms with Crippen LogP contribution in [0.5, 0.6) is 0 Å². The maximum atomic E-state index is 11.4. The fraction of sp³-hybridized carbons (Fsp3) is 0.250. The summed E-state index contributed by atoms with van der Waals surface area (Å²) in [6, 6.07) is 10.3. The average Bonchev–Trinajstić information content (AvgIpc) is 2.47. The minimum absolute atomic E-state index is 0.0782. The first-order valence-corrected chi connectivity index (χ1v) is 9.35. The highest BCUT2D eigenvalue weighted by atomic mass is 35.5. The smallest absolute Gasteiger partial charge is 0.238 e. The zero-order chi connectivity index (χ0) is 16.8. The maximum absolute atomic E-state index is 11.4. The van der Waals surface area contributed by atoms with E-state index in [1.807, 2.05) is 13.1 Å². The lowest BCUT2D eigenvalue weighted by atomic mass is 9.85. The van der Waals surface area contributed by atoms with Crippen molar-refractivity contribution in [2.24, 2.45) is 5.14 Å². The Morgan fingerprint density at radius 2 is 1.83 bits per heavy atom. The van der Waals surface area contributed by atoms with E-state index in [4.69, 9.17) is 28.3 Å². The van der Waals surface area contributed by atoms with Gasteiger partial charge in [0, 0.05) is 29.1 Å². The molecule has 1 aliphatic heterocycles. The summed E-state index contributed by atoms with van der Waals surface area (Å²) in [5.74, 6) is 0.0782. The molecular formula is C16H16Cl2N2O2S. The minimum atomic E-state index is -3.69. The van der Waals surface area contributed by atoms with Crippen LogP contribution in [0.15, 0.2) is 41.3 Å². The lowest BCUT2D eigenvalue weighted by Crippen LogP contribution is -2.31. The predicted molar refractivity (Wildman–Crippen MR) is 92.5 cm³/mol. The monoisotopic (exact) mass is 370 g/mol. The fourth-order valence-corrected chi connectivity index (χ4v) is 4.10. The number of fused-ring (bicyclic) bond motifs is 1. The van der Waals surface area contributed by atoms with Gasteiger partial charge < -0.3 is 4.90 Å². The Morgan fingerprint density at radius 3 is 2.43 bits per heavy atom. The molecule has 2 N–H and O–H groups in total. The van der Waals surface area contributed by atoms with Crippen LogP contribution in [0, 0.1) is 0 Å². The first-order valence-electron chi connectivity index (χ1n) is 7.05. The number of nitrogens with two attached hydrogens (primary N) is 1. The molecule has 0 saturated heterocycles. The number of primary sulfonamides is 1. The first kappa shape index (κ1) is 16.7. The van der Waals surface area contributed by atoms with Gasteiger partial charge in [-0.15, -0.1) is 0 Å². The zero-order valence-electron chi connectivity index (χ0n) is 12.5. The summed E-state index contributed by atoms with van der Waals surface area (Å²) in [4.78, 5) is 2.29. The molecule has 0 aromatic heterocycles. The van der Waals surface area contributed by atoms with Crippen molar-refractivity contribution in [3.05, 3.63) is 63.1 Å². The number of sulfonamides is 1. The molecule has 2 aromatic carbocycles. The Hall–Kier alpha value is -1.11. The van der Waals surface area contributed by atoms with Crippen molar-refractivity contribution in [2.75, 3.05) is 13.6 Å². The number of likely N-dealkylation sites (N-methyl/N-ethyl adjacent to an activating group) is 1. The molecule has 1 unspecified atom stereocenters. The maximum Gasteiger partial charge on any atom is 0.238 e. The third-order valence-electron chi connectivity index (χ3n) is 4.10. The summed E-state index contributed by atoms with van der Waals surface area (Å²) in [6.07, 6.45) is 0. The molecule has 0 saturated carbocycles. The number of nitrogens with zero attached hydrogens (tertiary/aromatic N) is 1. The van der Waals surface area contributed by atoms with Crippen molar-refractivity contribution in [2.45, 2.75) is 17.4 Å². The summed E-state index contributed by atoms with van der Waals surface area (Å²) >= 11 is 12.5. The normalized spacial score (nSPS) is 18.7. The van der Waals surface area contributed by atoms with Gasteiger partial charge in [-0.2, -0.15) is 0 Å². The first-order chi connectivity index (χ1) is 10.8. The summed E-state index contributed by atoms with van der Waals surface area (Å²) in [6.45, 7) is 1.56. The summed E-state index contributed by atoms with van der Waals surface area (Å²) in [5.41, 5.74) is 3.15. The van der Waals surface area contributed by atoms with Crippen LogP contribution in [0.25, 0.3) is 0 Å². The van der Waals surface area contributed by atoms with E-state index >= 15 is 0 Å². The SMILES string of the molecule is CN1Cc2c(Cl)cc(Cl)cc2C(c2ccc(S(N)(=O)=O)cc2)C1. The molecule has 122 valence electrons. The Morgan fingerprint density at radius 1 is 1.17 bits per heavy atom. The molecule has 1 heterocycles. The Bertz CT molecular complexity index is 851. The molecule has 2 aromatic rings. The second kappa shape index (κ2) is 6.07. The van der Waals surface area contributed by atoms with Gasteiger partial charge >= 0.3 is 0 Å². The number of hydrogen-bond acceptors (Lipinski definition) is 3. The molecule has 7 heteroatoms. The van der Waals surface area contributed by atoms with Gasteiger partial charge in [0.2, 0.25) is 10.0 Å². The van der Waals surface area contributed by atoms with Crippen molar-refractivity contribution in [3.63, 3.8) is 0 Å². The van der Waals surface area contributed by atoms with E-state index in [1.54, 1.807) is 18.2 Å². The molecule has 0 fully saturated rings. The predicted octanol–water partition coefficient (Wildman–Crippen LogP) is 3.22. The molecule has 3 rings (SSSR count). The Balaban J connectivity index is 2.08. The number of halogens is 2. The molecule has 0 amide bonds. The van der Waals surface area contributed by atoms with Crippen LogP contribution >= 0.6 is 23.2 Å². The molecule has 0 spiro atoms. The largest absolute Gasteiger partial charge is 0.301 e. The van der Waals surface area contributed by atoms with Crippen molar-refractivity contribution in [1.29, 1.82) is 0 Å². The van der Waals surface area contributed by atoms with Crippen molar-refractivity contribution in [1.82, 2.24) is 4.90 Å². The molecule has 23 heavy (non-hydrogen) atoms. The van der Waals surface area contributed by atoms with Gasteiger partial charge in [0.25, 0.3) is 0 Å². The number of hydrogen-bond donors (Lipinski definition) is 1. The Kier molecular flexibility index (Phi) is 4.42. The highest BCUT2D eigenvalue weighted by Gasteiger charge is 2.27. The summed E-state index contributed by atoms with van der Waals surface area (Å²) in [5, 5.41) is 6.41. The van der Waals surface area contributed by atoms with Gasteiger partial charge in [0.15, 0.2) is 0 Å². The Labute approximate surface area is 145 Å². The summed E-state index contributed by atoms with van der Waals surface area (Å²) in [7, 11) is -1.66. The van der Waals surface area contributed by atoms with E-state index in [0.29, 0.717) is 10.0 Å². The lowest BCUT2D eigenvalue weighted by Gasteiger charge is -2.33. The molecule has 0 bridgehead atoms. The number of benzene rings is 2. The van der Waals surface area contributed by atoms with E-state index in [0.717, 1.165) is 29.8 Å². The average molecular weight is 371 g/mol. The van der Waals surface area contributed by atoms with Crippen LogP contribution in [0.3, 0.4) is 0 Å².